The van der Waals surface area contributed by atoms with Crippen LogP contribution in [0.1, 0.15) is 10.5 Å². The molecule has 0 fully saturated rings. The van der Waals surface area contributed by atoms with Gasteiger partial charge in [-0.2, -0.15) is 0 Å². The number of hydrogen-bond donors (Lipinski definition) is 3. The lowest BCUT2D eigenvalue weighted by molar-refractivity contribution is 0.102. The zero-order chi connectivity index (χ0) is 13.8. The Morgan fingerprint density at radius 3 is 2.26 bits per heavy atom. The highest BCUT2D eigenvalue weighted by molar-refractivity contribution is 6.03. The minimum Gasteiger partial charge on any atom is -0.497 e. The lowest BCUT2D eigenvalue weighted by Gasteiger charge is -2.09. The minimum absolute atomic E-state index is 0.285. The Morgan fingerprint density at radius 2 is 1.79 bits per heavy atom. The first-order valence-corrected chi connectivity index (χ1v) is 5.60. The maximum absolute atomic E-state index is 11.9. The zero-order valence-corrected chi connectivity index (χ0v) is 10.7. The molecule has 0 bridgehead atoms. The van der Waals surface area contributed by atoms with Gasteiger partial charge in [-0.15, -0.1) is 0 Å². The molecule has 100 valence electrons. The average molecular weight is 261 g/mol. The number of amides is 1. The molecule has 2 rings (SSSR count). The highest BCUT2D eigenvalue weighted by atomic mass is 16.5. The molecule has 1 aromatic carbocycles. The van der Waals surface area contributed by atoms with Crippen LogP contribution in [0, 0.1) is 0 Å². The number of nitrogens with two attached hydrogens (primary N) is 1. The molecule has 0 spiro atoms. The number of anilines is 2. The van der Waals surface area contributed by atoms with Gasteiger partial charge in [0.2, 0.25) is 0 Å². The fraction of sp³-hybridized carbons (Fsp3) is 0.154. The zero-order valence-electron chi connectivity index (χ0n) is 10.7. The summed E-state index contributed by atoms with van der Waals surface area (Å²) in [5.74, 6) is 0.910. The van der Waals surface area contributed by atoms with Gasteiger partial charge in [-0.1, -0.05) is 0 Å². The predicted octanol–water partition coefficient (Wildman–Crippen LogP) is 1.87. The van der Waals surface area contributed by atoms with E-state index in [2.05, 4.69) is 10.3 Å². The van der Waals surface area contributed by atoms with Gasteiger partial charge < -0.3 is 25.5 Å². The van der Waals surface area contributed by atoms with Crippen molar-refractivity contribution >= 4 is 17.3 Å². The smallest absolute Gasteiger partial charge is 0.272 e. The highest BCUT2D eigenvalue weighted by Crippen LogP contribution is 2.26. The molecule has 6 heteroatoms. The van der Waals surface area contributed by atoms with Crippen LogP contribution >= 0.6 is 0 Å². The molecule has 6 nitrogen and oxygen atoms in total. The standard InChI is InChI=1S/C13H15N3O3/c1-18-10-4-9(5-11(6-10)19-2)16-13(17)12-3-8(14)7-15-12/h3-7,15H,14H2,1-2H3,(H,16,17). The van der Waals surface area contributed by atoms with E-state index < -0.39 is 0 Å². The molecule has 4 N–H and O–H groups in total. The third kappa shape index (κ3) is 2.98. The van der Waals surface area contributed by atoms with E-state index in [1.165, 1.54) is 0 Å². The van der Waals surface area contributed by atoms with E-state index >= 15 is 0 Å². The summed E-state index contributed by atoms with van der Waals surface area (Å²) in [7, 11) is 3.10. The van der Waals surface area contributed by atoms with Crippen LogP contribution in [0.5, 0.6) is 11.5 Å². The molecule has 0 radical (unpaired) electrons. The number of rotatable bonds is 4. The van der Waals surface area contributed by atoms with Gasteiger partial charge in [-0.25, -0.2) is 0 Å². The maximum Gasteiger partial charge on any atom is 0.272 e. The number of benzene rings is 1. The first kappa shape index (κ1) is 12.8. The molecule has 0 aliphatic heterocycles. The van der Waals surface area contributed by atoms with Gasteiger partial charge >= 0.3 is 0 Å². The van der Waals surface area contributed by atoms with E-state index in [4.69, 9.17) is 15.2 Å². The Kier molecular flexibility index (Phi) is 3.61. The summed E-state index contributed by atoms with van der Waals surface area (Å²) in [4.78, 5) is 14.7. The van der Waals surface area contributed by atoms with Crippen molar-refractivity contribution in [2.24, 2.45) is 0 Å². The number of carbonyl (C=O) groups is 1. The largest absolute Gasteiger partial charge is 0.497 e. The highest BCUT2D eigenvalue weighted by Gasteiger charge is 2.09. The third-order valence-corrected chi connectivity index (χ3v) is 2.56. The molecular formula is C13H15N3O3. The second-order valence-electron chi connectivity index (χ2n) is 3.90. The van der Waals surface area contributed by atoms with Crippen LogP contribution in [0.25, 0.3) is 0 Å². The van der Waals surface area contributed by atoms with Gasteiger partial charge in [-0.05, 0) is 6.07 Å². The summed E-state index contributed by atoms with van der Waals surface area (Å²) in [6, 6.07) is 6.69. The maximum atomic E-state index is 11.9. The molecule has 1 heterocycles. The van der Waals surface area contributed by atoms with Crippen molar-refractivity contribution in [2.75, 3.05) is 25.3 Å². The molecule has 19 heavy (non-hydrogen) atoms. The van der Waals surface area contributed by atoms with Gasteiger partial charge in [-0.3, -0.25) is 4.79 Å². The molecule has 1 aromatic heterocycles. The fourth-order valence-corrected chi connectivity index (χ4v) is 1.62. The van der Waals surface area contributed by atoms with Gasteiger partial charge in [0.25, 0.3) is 5.91 Å². The Balaban J connectivity index is 2.20. The molecular weight excluding hydrogens is 246 g/mol. The summed E-state index contributed by atoms with van der Waals surface area (Å²) in [6.45, 7) is 0. The van der Waals surface area contributed by atoms with Crippen LogP contribution in [0.2, 0.25) is 0 Å². The van der Waals surface area contributed by atoms with E-state index in [1.54, 1.807) is 44.7 Å². The summed E-state index contributed by atoms with van der Waals surface area (Å²) >= 11 is 0. The quantitative estimate of drug-likeness (QED) is 0.783. The lowest BCUT2D eigenvalue weighted by atomic mass is 10.2. The van der Waals surface area contributed by atoms with E-state index in [0.29, 0.717) is 28.6 Å². The topological polar surface area (TPSA) is 89.4 Å². The number of aromatic nitrogens is 1. The molecule has 0 saturated heterocycles. The number of H-pyrrole nitrogens is 1. The number of nitrogen functional groups attached to an aromatic ring is 1. The Bertz CT molecular complexity index is 570. The van der Waals surface area contributed by atoms with Crippen LogP contribution in [0.4, 0.5) is 11.4 Å². The minimum atomic E-state index is -0.285. The second-order valence-corrected chi connectivity index (χ2v) is 3.90. The normalized spacial score (nSPS) is 10.0. The summed E-state index contributed by atoms with van der Waals surface area (Å²) in [5.41, 5.74) is 7.02. The average Bonchev–Trinajstić information content (AvgIpc) is 2.85. The molecule has 0 atom stereocenters. The molecule has 1 amide bonds. The summed E-state index contributed by atoms with van der Waals surface area (Å²) in [6.07, 6.45) is 1.56. The van der Waals surface area contributed by atoms with Crippen molar-refractivity contribution in [3.05, 3.63) is 36.2 Å². The van der Waals surface area contributed by atoms with Crippen LogP contribution in [0.15, 0.2) is 30.5 Å². The monoisotopic (exact) mass is 261 g/mol. The SMILES string of the molecule is COc1cc(NC(=O)c2cc(N)c[nH]2)cc(OC)c1. The Hall–Kier alpha value is -2.63. The lowest BCUT2D eigenvalue weighted by Crippen LogP contribution is -2.12. The van der Waals surface area contributed by atoms with Crippen LogP contribution < -0.4 is 20.5 Å². The number of nitrogens with one attached hydrogen (secondary N) is 2. The predicted molar refractivity (Wildman–Crippen MR) is 72.7 cm³/mol. The van der Waals surface area contributed by atoms with E-state index in [9.17, 15) is 4.79 Å². The third-order valence-electron chi connectivity index (χ3n) is 2.56. The molecule has 0 aliphatic rings. The van der Waals surface area contributed by atoms with Gasteiger partial charge in [0, 0.05) is 35.8 Å². The van der Waals surface area contributed by atoms with Gasteiger partial charge in [0.1, 0.15) is 17.2 Å². The number of carbonyl (C=O) groups excluding carboxylic acids is 1. The Morgan fingerprint density at radius 1 is 1.16 bits per heavy atom. The van der Waals surface area contributed by atoms with Gasteiger partial charge in [0.05, 0.1) is 14.2 Å². The Labute approximate surface area is 110 Å². The number of hydrogen-bond acceptors (Lipinski definition) is 4. The number of aromatic amines is 1. The van der Waals surface area contributed by atoms with E-state index in [0.717, 1.165) is 0 Å². The van der Waals surface area contributed by atoms with Crippen LogP contribution in [0.3, 0.4) is 0 Å². The van der Waals surface area contributed by atoms with Crippen molar-refractivity contribution in [3.8, 4) is 11.5 Å². The van der Waals surface area contributed by atoms with E-state index in [-0.39, 0.29) is 5.91 Å². The van der Waals surface area contributed by atoms with E-state index in [1.807, 2.05) is 0 Å². The fourth-order valence-electron chi connectivity index (χ4n) is 1.62. The van der Waals surface area contributed by atoms with Gasteiger partial charge in [0.15, 0.2) is 0 Å². The van der Waals surface area contributed by atoms with Crippen molar-refractivity contribution in [1.29, 1.82) is 0 Å². The second kappa shape index (κ2) is 5.34. The molecule has 0 saturated carbocycles. The van der Waals surface area contributed by atoms with Crippen molar-refractivity contribution in [2.45, 2.75) is 0 Å². The first-order valence-electron chi connectivity index (χ1n) is 5.60. The van der Waals surface area contributed by atoms with Crippen molar-refractivity contribution < 1.29 is 14.3 Å². The van der Waals surface area contributed by atoms with Crippen molar-refractivity contribution in [1.82, 2.24) is 4.98 Å². The summed E-state index contributed by atoms with van der Waals surface area (Å²) < 4.78 is 10.3. The molecule has 0 unspecified atom stereocenters. The van der Waals surface area contributed by atoms with Crippen molar-refractivity contribution in [3.63, 3.8) is 0 Å². The molecule has 0 aliphatic carbocycles. The summed E-state index contributed by atoms with van der Waals surface area (Å²) in [5, 5.41) is 2.74. The number of methoxy groups -OCH3 is 2. The van der Waals surface area contributed by atoms with Crippen LogP contribution in [-0.4, -0.2) is 25.1 Å². The number of ether oxygens (including phenoxy) is 2. The molecule has 2 aromatic rings. The first-order chi connectivity index (χ1) is 9.12. The van der Waals surface area contributed by atoms with Crippen LogP contribution in [-0.2, 0) is 0 Å².